The van der Waals surface area contributed by atoms with Crippen LogP contribution in [0.25, 0.3) is 32.3 Å². The fraction of sp³-hybridized carbons (Fsp3) is 0. The molecule has 0 aliphatic carbocycles. The van der Waals surface area contributed by atoms with Crippen molar-refractivity contribution in [2.45, 2.75) is 0 Å². The summed E-state index contributed by atoms with van der Waals surface area (Å²) in [4.78, 5) is 10.4. The number of nitrogens with one attached hydrogen (secondary N) is 1. The van der Waals surface area contributed by atoms with E-state index in [0.29, 0.717) is 5.82 Å². The number of aromatic amines is 1. The van der Waals surface area contributed by atoms with Gasteiger partial charge in [0.25, 0.3) is 0 Å². The highest BCUT2D eigenvalue weighted by Crippen LogP contribution is 2.41. The van der Waals surface area contributed by atoms with E-state index in [1.165, 1.54) is 0 Å². The highest BCUT2D eigenvalue weighted by molar-refractivity contribution is 7.19. The zero-order valence-electron chi connectivity index (χ0n) is 11.3. The van der Waals surface area contributed by atoms with Crippen molar-refractivity contribution >= 4 is 11.3 Å². The number of thiophene rings is 1. The Balaban J connectivity index is 1.91. The number of nitrogens with zero attached hydrogens (tertiary/aromatic N) is 5. The molecule has 0 amide bonds. The summed E-state index contributed by atoms with van der Waals surface area (Å²) in [6, 6.07) is 10.0. The Morgan fingerprint density at radius 3 is 2.18 bits per heavy atom. The quantitative estimate of drug-likeness (QED) is 0.629. The molecule has 0 bridgehead atoms. The zero-order chi connectivity index (χ0) is 14.8. The molecule has 4 heterocycles. The van der Waals surface area contributed by atoms with Crippen LogP contribution in [0.2, 0.25) is 0 Å². The lowest BCUT2D eigenvalue weighted by atomic mass is 10.1. The lowest BCUT2D eigenvalue weighted by Gasteiger charge is -1.99. The average molecular weight is 306 g/mol. The maximum absolute atomic E-state index is 4.08. The summed E-state index contributed by atoms with van der Waals surface area (Å²) >= 11 is 1.69. The Morgan fingerprint density at radius 1 is 0.864 bits per heavy atom. The molecule has 0 spiro atoms. The molecule has 106 valence electrons. The summed E-state index contributed by atoms with van der Waals surface area (Å²) in [6.07, 6.45) is 7.14. The van der Waals surface area contributed by atoms with Crippen LogP contribution in [0.5, 0.6) is 0 Å². The minimum Gasteiger partial charge on any atom is -0.265 e. The summed E-state index contributed by atoms with van der Waals surface area (Å²) in [7, 11) is 0. The summed E-state index contributed by atoms with van der Waals surface area (Å²) < 4.78 is 0. The first-order chi connectivity index (χ1) is 10.9. The van der Waals surface area contributed by atoms with Crippen LogP contribution in [0, 0.1) is 0 Å². The molecule has 4 aromatic rings. The molecule has 0 saturated heterocycles. The Kier molecular flexibility index (Phi) is 3.17. The van der Waals surface area contributed by atoms with Crippen molar-refractivity contribution < 1.29 is 0 Å². The van der Waals surface area contributed by atoms with Gasteiger partial charge in [0, 0.05) is 40.1 Å². The Hall–Kier alpha value is -2.93. The molecule has 0 unspecified atom stereocenters. The van der Waals surface area contributed by atoms with E-state index in [9.17, 15) is 0 Å². The Morgan fingerprint density at radius 2 is 1.55 bits per heavy atom. The Bertz CT molecular complexity index is 871. The smallest absolute Gasteiger partial charge is 0.180 e. The molecule has 7 heteroatoms. The van der Waals surface area contributed by atoms with Gasteiger partial charge < -0.3 is 0 Å². The van der Waals surface area contributed by atoms with Gasteiger partial charge in [-0.1, -0.05) is 0 Å². The van der Waals surface area contributed by atoms with Crippen LogP contribution in [0.15, 0.2) is 55.1 Å². The lowest BCUT2D eigenvalue weighted by Crippen LogP contribution is -1.82. The first kappa shape index (κ1) is 12.8. The minimum absolute atomic E-state index is 0.656. The first-order valence-corrected chi connectivity index (χ1v) is 7.42. The molecular weight excluding hydrogens is 296 g/mol. The second-order valence-corrected chi connectivity index (χ2v) is 5.63. The van der Waals surface area contributed by atoms with E-state index in [-0.39, 0.29) is 0 Å². The topological polar surface area (TPSA) is 80.2 Å². The molecule has 1 N–H and O–H groups in total. The molecule has 0 aliphatic heterocycles. The normalized spacial score (nSPS) is 10.7. The highest BCUT2D eigenvalue weighted by atomic mass is 32.1. The van der Waals surface area contributed by atoms with Crippen LogP contribution in [-0.2, 0) is 0 Å². The summed E-state index contributed by atoms with van der Waals surface area (Å²) in [6.45, 7) is 0. The van der Waals surface area contributed by atoms with Gasteiger partial charge in [-0.05, 0) is 51.9 Å². The number of rotatable bonds is 3. The van der Waals surface area contributed by atoms with E-state index < -0.39 is 0 Å². The standard InChI is InChI=1S/C15H10N6S/c1-5-16-6-2-10(1)13-9-12(15-18-20-21-19-15)14(22-13)11-3-7-17-8-4-11/h1-9H,(H,18,19,20,21). The average Bonchev–Trinajstić information content (AvgIpc) is 3.26. The van der Waals surface area contributed by atoms with Gasteiger partial charge in [-0.25, -0.2) is 5.10 Å². The van der Waals surface area contributed by atoms with E-state index >= 15 is 0 Å². The second kappa shape index (κ2) is 5.45. The van der Waals surface area contributed by atoms with Crippen LogP contribution < -0.4 is 0 Å². The predicted octanol–water partition coefficient (Wildman–Crippen LogP) is 3.05. The SMILES string of the molecule is c1cc(-c2cc(-c3nnn[nH]3)c(-c3ccncc3)s2)ccn1. The minimum atomic E-state index is 0.656. The molecule has 0 aromatic carbocycles. The van der Waals surface area contributed by atoms with Gasteiger partial charge in [-0.2, -0.15) is 0 Å². The molecule has 6 nitrogen and oxygen atoms in total. The number of hydrogen-bond donors (Lipinski definition) is 1. The van der Waals surface area contributed by atoms with Crippen LogP contribution >= 0.6 is 11.3 Å². The third kappa shape index (κ3) is 2.27. The van der Waals surface area contributed by atoms with Crippen molar-refractivity contribution in [3.8, 4) is 32.3 Å². The van der Waals surface area contributed by atoms with Gasteiger partial charge in [-0.3, -0.25) is 9.97 Å². The molecule has 0 atom stereocenters. The molecular formula is C15H10N6S. The summed E-state index contributed by atoms with van der Waals surface area (Å²) in [5, 5.41) is 14.2. The maximum Gasteiger partial charge on any atom is 0.180 e. The number of hydrogen-bond acceptors (Lipinski definition) is 6. The van der Waals surface area contributed by atoms with Crippen LogP contribution in [0.1, 0.15) is 0 Å². The lowest BCUT2D eigenvalue weighted by molar-refractivity contribution is 0.881. The van der Waals surface area contributed by atoms with E-state index in [1.807, 2.05) is 24.3 Å². The summed E-state index contributed by atoms with van der Waals surface area (Å²) in [5.41, 5.74) is 3.19. The van der Waals surface area contributed by atoms with Crippen molar-refractivity contribution in [3.05, 3.63) is 55.1 Å². The zero-order valence-corrected chi connectivity index (χ0v) is 12.2. The van der Waals surface area contributed by atoms with Gasteiger partial charge in [0.2, 0.25) is 0 Å². The van der Waals surface area contributed by atoms with Gasteiger partial charge in [0.1, 0.15) is 0 Å². The molecule has 4 aromatic heterocycles. The van der Waals surface area contributed by atoms with Crippen molar-refractivity contribution in [3.63, 3.8) is 0 Å². The second-order valence-electron chi connectivity index (χ2n) is 4.58. The number of tetrazole rings is 1. The highest BCUT2D eigenvalue weighted by Gasteiger charge is 2.16. The van der Waals surface area contributed by atoms with Gasteiger partial charge >= 0.3 is 0 Å². The fourth-order valence-corrected chi connectivity index (χ4v) is 3.39. The fourth-order valence-electron chi connectivity index (χ4n) is 2.22. The van der Waals surface area contributed by atoms with Crippen LogP contribution in [0.3, 0.4) is 0 Å². The molecule has 0 aliphatic rings. The Labute approximate surface area is 129 Å². The molecule has 22 heavy (non-hydrogen) atoms. The predicted molar refractivity (Wildman–Crippen MR) is 84.0 cm³/mol. The van der Waals surface area contributed by atoms with Crippen molar-refractivity contribution in [2.75, 3.05) is 0 Å². The van der Waals surface area contributed by atoms with Crippen LogP contribution in [-0.4, -0.2) is 30.6 Å². The largest absolute Gasteiger partial charge is 0.265 e. The van der Waals surface area contributed by atoms with E-state index in [2.05, 4.69) is 36.7 Å². The molecule has 4 rings (SSSR count). The monoisotopic (exact) mass is 306 g/mol. The van der Waals surface area contributed by atoms with Crippen molar-refractivity contribution in [2.24, 2.45) is 0 Å². The van der Waals surface area contributed by atoms with E-state index in [4.69, 9.17) is 0 Å². The molecule has 0 saturated carbocycles. The first-order valence-electron chi connectivity index (χ1n) is 6.60. The van der Waals surface area contributed by atoms with Crippen molar-refractivity contribution in [1.82, 2.24) is 30.6 Å². The summed E-state index contributed by atoms with van der Waals surface area (Å²) in [5.74, 6) is 0.656. The van der Waals surface area contributed by atoms with E-state index in [1.54, 1.807) is 36.1 Å². The van der Waals surface area contributed by atoms with E-state index in [0.717, 1.165) is 26.4 Å². The van der Waals surface area contributed by atoms with Gasteiger partial charge in [0.15, 0.2) is 5.82 Å². The third-order valence-corrected chi connectivity index (χ3v) is 4.47. The van der Waals surface area contributed by atoms with Gasteiger partial charge in [-0.15, -0.1) is 16.4 Å². The third-order valence-electron chi connectivity index (χ3n) is 3.24. The maximum atomic E-state index is 4.08. The number of pyridine rings is 2. The molecule has 0 fully saturated rings. The van der Waals surface area contributed by atoms with Crippen molar-refractivity contribution in [1.29, 1.82) is 0 Å². The van der Waals surface area contributed by atoms with Crippen LogP contribution in [0.4, 0.5) is 0 Å². The molecule has 0 radical (unpaired) electrons. The van der Waals surface area contributed by atoms with Gasteiger partial charge in [0.05, 0.1) is 0 Å². The number of H-pyrrole nitrogens is 1. The number of aromatic nitrogens is 6.